The zero-order chi connectivity index (χ0) is 13.0. The van der Waals surface area contributed by atoms with Crippen molar-refractivity contribution in [2.45, 2.75) is 25.8 Å². The number of rotatable bonds is 4. The molecule has 18 heavy (non-hydrogen) atoms. The lowest BCUT2D eigenvalue weighted by molar-refractivity contribution is 0.624. The van der Waals surface area contributed by atoms with Crippen LogP contribution in [-0.4, -0.2) is 25.7 Å². The zero-order valence-electron chi connectivity index (χ0n) is 10.6. The first-order valence-electron chi connectivity index (χ1n) is 6.43. The van der Waals surface area contributed by atoms with Crippen LogP contribution in [0.2, 0.25) is 0 Å². The van der Waals surface area contributed by atoms with Crippen molar-refractivity contribution >= 4 is 21.6 Å². The maximum atomic E-state index is 8.91. The smallest absolute Gasteiger partial charge is 0.0992 e. The average Bonchev–Trinajstić information content (AvgIpc) is 2.90. The van der Waals surface area contributed by atoms with Crippen LogP contribution in [-0.2, 0) is 0 Å². The molecule has 0 radical (unpaired) electrons. The van der Waals surface area contributed by atoms with Crippen molar-refractivity contribution in [1.82, 2.24) is 5.32 Å². The minimum absolute atomic E-state index is 0.564. The molecular weight excluding hydrogens is 290 g/mol. The summed E-state index contributed by atoms with van der Waals surface area (Å²) in [6.45, 7) is 5.40. The van der Waals surface area contributed by atoms with Crippen LogP contribution in [0.25, 0.3) is 0 Å². The fourth-order valence-corrected chi connectivity index (χ4v) is 3.06. The van der Waals surface area contributed by atoms with E-state index in [-0.39, 0.29) is 0 Å². The third kappa shape index (κ3) is 2.85. The maximum Gasteiger partial charge on any atom is 0.0992 e. The summed E-state index contributed by atoms with van der Waals surface area (Å²) in [5, 5.41) is 12.3. The normalized spacial score (nSPS) is 18.6. The summed E-state index contributed by atoms with van der Waals surface area (Å²) in [6.07, 6.45) is 2.31. The van der Waals surface area contributed by atoms with Gasteiger partial charge in [-0.1, -0.05) is 6.92 Å². The molecule has 96 valence electrons. The monoisotopic (exact) mass is 307 g/mol. The lowest BCUT2D eigenvalue weighted by Crippen LogP contribution is -2.37. The molecule has 0 spiro atoms. The van der Waals surface area contributed by atoms with Crippen LogP contribution < -0.4 is 10.2 Å². The highest BCUT2D eigenvalue weighted by molar-refractivity contribution is 9.10. The molecule has 3 nitrogen and oxygen atoms in total. The molecule has 1 saturated heterocycles. The van der Waals surface area contributed by atoms with Crippen LogP contribution in [0.5, 0.6) is 0 Å². The lowest BCUT2D eigenvalue weighted by atomic mass is 10.1. The van der Waals surface area contributed by atoms with Crippen LogP contribution in [0.3, 0.4) is 0 Å². The minimum atomic E-state index is 0.564. The molecule has 1 aromatic carbocycles. The van der Waals surface area contributed by atoms with Crippen molar-refractivity contribution in [3.63, 3.8) is 0 Å². The largest absolute Gasteiger partial charge is 0.366 e. The molecule has 0 saturated carbocycles. The number of anilines is 1. The Morgan fingerprint density at radius 1 is 1.56 bits per heavy atom. The Bertz CT molecular complexity index is 447. The fraction of sp³-hybridized carbons (Fsp3) is 0.500. The van der Waals surface area contributed by atoms with Gasteiger partial charge in [0, 0.05) is 23.6 Å². The molecule has 4 heteroatoms. The third-order valence-corrected chi connectivity index (χ3v) is 3.96. The Kier molecular flexibility index (Phi) is 4.62. The lowest BCUT2D eigenvalue weighted by Gasteiger charge is -2.31. The van der Waals surface area contributed by atoms with E-state index >= 15 is 0 Å². The van der Waals surface area contributed by atoms with Gasteiger partial charge < -0.3 is 10.2 Å². The van der Waals surface area contributed by atoms with E-state index < -0.39 is 0 Å². The van der Waals surface area contributed by atoms with Crippen molar-refractivity contribution in [1.29, 1.82) is 5.26 Å². The van der Waals surface area contributed by atoms with Gasteiger partial charge in [-0.3, -0.25) is 0 Å². The van der Waals surface area contributed by atoms with Gasteiger partial charge in [0.2, 0.25) is 0 Å². The summed E-state index contributed by atoms with van der Waals surface area (Å²) < 4.78 is 1.02. The molecular formula is C14H18BrN3. The number of hydrogen-bond acceptors (Lipinski definition) is 3. The summed E-state index contributed by atoms with van der Waals surface area (Å²) in [6, 6.07) is 8.59. The fourth-order valence-electron chi connectivity index (χ4n) is 2.46. The van der Waals surface area contributed by atoms with Crippen molar-refractivity contribution in [2.24, 2.45) is 0 Å². The first kappa shape index (κ1) is 13.4. The second-order valence-corrected chi connectivity index (χ2v) is 5.47. The zero-order valence-corrected chi connectivity index (χ0v) is 12.2. The van der Waals surface area contributed by atoms with Crippen LogP contribution in [0.4, 0.5) is 5.69 Å². The van der Waals surface area contributed by atoms with Gasteiger partial charge in [-0.25, -0.2) is 0 Å². The summed E-state index contributed by atoms with van der Waals surface area (Å²) in [5.41, 5.74) is 1.90. The summed E-state index contributed by atoms with van der Waals surface area (Å²) in [7, 11) is 0. The van der Waals surface area contributed by atoms with E-state index in [1.54, 1.807) is 0 Å². The molecule has 1 aliphatic rings. The van der Waals surface area contributed by atoms with Gasteiger partial charge in [-0.05, 0) is 53.5 Å². The molecule has 1 N–H and O–H groups in total. The SMILES string of the molecule is CCCN(c1ccc(C#N)cc1Br)C1CCNC1. The van der Waals surface area contributed by atoms with Gasteiger partial charge in [0.15, 0.2) is 0 Å². The number of benzene rings is 1. The van der Waals surface area contributed by atoms with E-state index in [1.807, 2.05) is 12.1 Å². The standard InChI is InChI=1S/C14H18BrN3/c1-2-7-18(12-5-6-17-10-12)14-4-3-11(9-16)8-13(14)15/h3-4,8,12,17H,2,5-7,10H2,1H3. The highest BCUT2D eigenvalue weighted by Gasteiger charge is 2.23. The first-order valence-corrected chi connectivity index (χ1v) is 7.22. The molecule has 1 atom stereocenters. The highest BCUT2D eigenvalue weighted by Crippen LogP contribution is 2.30. The Hall–Kier alpha value is -1.05. The van der Waals surface area contributed by atoms with E-state index in [1.165, 1.54) is 12.1 Å². The molecule has 1 aromatic rings. The topological polar surface area (TPSA) is 39.1 Å². The second kappa shape index (κ2) is 6.21. The van der Waals surface area contributed by atoms with Crippen LogP contribution >= 0.6 is 15.9 Å². The number of hydrogen-bond donors (Lipinski definition) is 1. The van der Waals surface area contributed by atoms with Crippen molar-refractivity contribution in [3.05, 3.63) is 28.2 Å². The van der Waals surface area contributed by atoms with Crippen molar-refractivity contribution < 1.29 is 0 Å². The second-order valence-electron chi connectivity index (χ2n) is 4.62. The molecule has 1 heterocycles. The molecule has 1 fully saturated rings. The van der Waals surface area contributed by atoms with Gasteiger partial charge in [0.05, 0.1) is 17.3 Å². The van der Waals surface area contributed by atoms with Gasteiger partial charge in [-0.2, -0.15) is 5.26 Å². The van der Waals surface area contributed by atoms with E-state index in [4.69, 9.17) is 5.26 Å². The minimum Gasteiger partial charge on any atom is -0.366 e. The van der Waals surface area contributed by atoms with Crippen molar-refractivity contribution in [2.75, 3.05) is 24.5 Å². The van der Waals surface area contributed by atoms with E-state index in [0.717, 1.165) is 30.5 Å². The summed E-state index contributed by atoms with van der Waals surface area (Å²) in [5.74, 6) is 0. The number of nitriles is 1. The molecule has 1 unspecified atom stereocenters. The van der Waals surface area contributed by atoms with Crippen LogP contribution in [0.15, 0.2) is 22.7 Å². The van der Waals surface area contributed by atoms with Gasteiger partial charge in [-0.15, -0.1) is 0 Å². The molecule has 1 aliphatic heterocycles. The number of nitrogens with one attached hydrogen (secondary N) is 1. The van der Waals surface area contributed by atoms with E-state index in [0.29, 0.717) is 11.6 Å². The predicted octanol–water partition coefficient (Wildman–Crippen LogP) is 2.90. The highest BCUT2D eigenvalue weighted by atomic mass is 79.9. The summed E-state index contributed by atoms with van der Waals surface area (Å²) in [4.78, 5) is 2.45. The Morgan fingerprint density at radius 2 is 2.39 bits per heavy atom. The molecule has 0 bridgehead atoms. The number of halogens is 1. The number of nitrogens with zero attached hydrogens (tertiary/aromatic N) is 2. The first-order chi connectivity index (χ1) is 8.76. The van der Waals surface area contributed by atoms with Crippen molar-refractivity contribution in [3.8, 4) is 6.07 Å². The molecule has 2 rings (SSSR count). The quantitative estimate of drug-likeness (QED) is 0.929. The Balaban J connectivity index is 2.27. The maximum absolute atomic E-state index is 8.91. The predicted molar refractivity (Wildman–Crippen MR) is 77.8 cm³/mol. The Morgan fingerprint density at radius 3 is 2.94 bits per heavy atom. The molecule has 0 amide bonds. The van der Waals surface area contributed by atoms with Gasteiger partial charge in [0.25, 0.3) is 0 Å². The molecule has 0 aliphatic carbocycles. The van der Waals surface area contributed by atoms with E-state index in [9.17, 15) is 0 Å². The third-order valence-electron chi connectivity index (χ3n) is 3.33. The van der Waals surface area contributed by atoms with E-state index in [2.05, 4.69) is 45.2 Å². The molecule has 0 aromatic heterocycles. The average molecular weight is 308 g/mol. The summed E-state index contributed by atoms with van der Waals surface area (Å²) >= 11 is 3.59. The van der Waals surface area contributed by atoms with Gasteiger partial charge in [0.1, 0.15) is 0 Å². The van der Waals surface area contributed by atoms with Crippen LogP contribution in [0.1, 0.15) is 25.3 Å². The Labute approximate surface area is 117 Å². The van der Waals surface area contributed by atoms with Crippen LogP contribution in [0, 0.1) is 11.3 Å². The van der Waals surface area contributed by atoms with Gasteiger partial charge >= 0.3 is 0 Å².